The summed E-state index contributed by atoms with van der Waals surface area (Å²) >= 11 is 0. The van der Waals surface area contributed by atoms with Gasteiger partial charge in [-0.1, -0.05) is 133 Å². The first-order valence-electron chi connectivity index (χ1n) is 15.4. The molecule has 214 valence electrons. The summed E-state index contributed by atoms with van der Waals surface area (Å²) in [6.45, 7) is 6.45. The highest BCUT2D eigenvalue weighted by Gasteiger charge is 2.19. The minimum atomic E-state index is 1.03. The van der Waals surface area contributed by atoms with Crippen molar-refractivity contribution >= 4 is 44.3 Å². The Labute approximate surface area is 260 Å². The largest absolute Gasteiger partial charge is 0.353 e. The van der Waals surface area contributed by atoms with E-state index in [9.17, 15) is 0 Å². The van der Waals surface area contributed by atoms with Crippen LogP contribution >= 0.6 is 0 Å². The highest BCUT2D eigenvalue weighted by Crippen LogP contribution is 2.47. The molecule has 7 rings (SSSR count). The number of fused-ring (bicyclic) bond motifs is 3. The van der Waals surface area contributed by atoms with Crippen molar-refractivity contribution in [1.82, 2.24) is 0 Å². The zero-order chi connectivity index (χ0) is 30.0. The van der Waals surface area contributed by atoms with E-state index in [0.29, 0.717) is 0 Å². The number of nitrogens with one attached hydrogen (secondary N) is 2. The molecule has 0 saturated carbocycles. The normalized spacial score (nSPS) is 11.2. The van der Waals surface area contributed by atoms with Gasteiger partial charge >= 0.3 is 0 Å². The average Bonchev–Trinajstić information content (AvgIpc) is 3.08. The summed E-state index contributed by atoms with van der Waals surface area (Å²) in [5.74, 6) is 0. The average molecular weight is 569 g/mol. The van der Waals surface area contributed by atoms with Gasteiger partial charge in [-0.2, -0.15) is 0 Å². The zero-order valence-corrected chi connectivity index (χ0v) is 25.5. The minimum absolute atomic E-state index is 1.03. The van der Waals surface area contributed by atoms with E-state index in [1.165, 1.54) is 60.5 Å². The van der Waals surface area contributed by atoms with Gasteiger partial charge in [0.1, 0.15) is 0 Å². The van der Waals surface area contributed by atoms with Crippen LogP contribution in [0.1, 0.15) is 23.6 Å². The second-order valence-electron chi connectivity index (χ2n) is 11.6. The van der Waals surface area contributed by atoms with Crippen molar-refractivity contribution in [3.8, 4) is 22.3 Å². The van der Waals surface area contributed by atoms with E-state index in [0.717, 1.165) is 29.2 Å². The first-order valence-corrected chi connectivity index (χ1v) is 15.4. The van der Waals surface area contributed by atoms with Crippen molar-refractivity contribution < 1.29 is 0 Å². The van der Waals surface area contributed by atoms with Crippen LogP contribution in [0.2, 0.25) is 0 Å². The Morgan fingerprint density at radius 3 is 1.55 bits per heavy atom. The molecule has 0 saturated heterocycles. The molecule has 44 heavy (non-hydrogen) atoms. The Morgan fingerprint density at radius 2 is 0.932 bits per heavy atom. The van der Waals surface area contributed by atoms with Crippen LogP contribution in [0.4, 0.5) is 22.7 Å². The van der Waals surface area contributed by atoms with Crippen LogP contribution in [0.5, 0.6) is 0 Å². The third-order valence-corrected chi connectivity index (χ3v) is 8.58. The van der Waals surface area contributed by atoms with Crippen molar-refractivity contribution in [3.63, 3.8) is 0 Å². The van der Waals surface area contributed by atoms with Crippen LogP contribution in [-0.4, -0.2) is 0 Å². The summed E-state index contributed by atoms with van der Waals surface area (Å²) < 4.78 is 0. The fourth-order valence-electron chi connectivity index (χ4n) is 6.18. The molecule has 0 aliphatic carbocycles. The van der Waals surface area contributed by atoms with Crippen LogP contribution in [0.25, 0.3) is 43.8 Å². The Bertz CT molecular complexity index is 2090. The van der Waals surface area contributed by atoms with Gasteiger partial charge < -0.3 is 10.6 Å². The first kappa shape index (κ1) is 27.5. The number of benzene rings is 7. The molecule has 0 atom stereocenters. The van der Waals surface area contributed by atoms with Crippen molar-refractivity contribution in [2.45, 2.75) is 27.2 Å². The van der Waals surface area contributed by atoms with E-state index in [4.69, 9.17) is 0 Å². The Balaban J connectivity index is 1.51. The highest BCUT2D eigenvalue weighted by molar-refractivity contribution is 6.25. The van der Waals surface area contributed by atoms with Crippen LogP contribution in [-0.2, 0) is 6.42 Å². The lowest BCUT2D eigenvalue weighted by molar-refractivity contribution is 1.14. The molecule has 0 aliphatic heterocycles. The minimum Gasteiger partial charge on any atom is -0.353 e. The lowest BCUT2D eigenvalue weighted by atomic mass is 9.88. The van der Waals surface area contributed by atoms with Gasteiger partial charge in [-0.3, -0.25) is 0 Å². The van der Waals surface area contributed by atoms with Gasteiger partial charge in [-0.15, -0.1) is 0 Å². The van der Waals surface area contributed by atoms with Crippen LogP contribution in [0.15, 0.2) is 140 Å². The molecule has 7 aromatic rings. The summed E-state index contributed by atoms with van der Waals surface area (Å²) in [4.78, 5) is 0. The molecular weight excluding hydrogens is 532 g/mol. The Hall–Kier alpha value is -5.34. The van der Waals surface area contributed by atoms with Gasteiger partial charge in [0.2, 0.25) is 0 Å². The van der Waals surface area contributed by atoms with E-state index in [1.807, 2.05) is 0 Å². The smallest absolute Gasteiger partial charge is 0.0710 e. The molecule has 7 aromatic carbocycles. The van der Waals surface area contributed by atoms with Gasteiger partial charge in [0.25, 0.3) is 0 Å². The third-order valence-electron chi connectivity index (χ3n) is 8.58. The van der Waals surface area contributed by atoms with Gasteiger partial charge in [0.15, 0.2) is 0 Å². The van der Waals surface area contributed by atoms with E-state index in [1.54, 1.807) is 0 Å². The SMILES string of the molecule is CCc1ccc(-c2ccccc2-c2cccc3c(Nc4ccc(C)cc4)c(Nc4ccc(C)cc4)c4ccccc4c23)cc1. The molecule has 0 amide bonds. The molecule has 0 unspecified atom stereocenters. The molecular formula is C42H36N2. The van der Waals surface area contributed by atoms with Crippen molar-refractivity contribution in [2.24, 2.45) is 0 Å². The number of anilines is 4. The maximum Gasteiger partial charge on any atom is 0.0710 e. The number of hydrogen-bond acceptors (Lipinski definition) is 2. The fourth-order valence-corrected chi connectivity index (χ4v) is 6.18. The van der Waals surface area contributed by atoms with Crippen LogP contribution < -0.4 is 10.6 Å². The lowest BCUT2D eigenvalue weighted by Gasteiger charge is -2.22. The van der Waals surface area contributed by atoms with E-state index >= 15 is 0 Å². The zero-order valence-electron chi connectivity index (χ0n) is 25.5. The third kappa shape index (κ3) is 5.20. The van der Waals surface area contributed by atoms with E-state index < -0.39 is 0 Å². The topological polar surface area (TPSA) is 24.1 Å². The molecule has 0 aromatic heterocycles. The van der Waals surface area contributed by atoms with E-state index in [-0.39, 0.29) is 0 Å². The number of hydrogen-bond donors (Lipinski definition) is 2. The molecule has 2 heteroatoms. The van der Waals surface area contributed by atoms with Crippen LogP contribution in [0, 0.1) is 13.8 Å². The van der Waals surface area contributed by atoms with E-state index in [2.05, 4.69) is 171 Å². The summed E-state index contributed by atoms with van der Waals surface area (Å²) in [6, 6.07) is 50.6. The van der Waals surface area contributed by atoms with Gasteiger partial charge in [0, 0.05) is 22.1 Å². The first-order chi connectivity index (χ1) is 21.6. The standard InChI is InChI=1S/C42H36N2/c1-4-30-20-22-31(23-21-30)34-10-5-6-11-35(34)36-14-9-15-39-40(36)37-12-7-8-13-38(37)41(43-32-24-16-28(2)17-25-32)42(39)44-33-26-18-29(3)19-27-33/h5-27,43-44H,4H2,1-3H3. The summed E-state index contributed by atoms with van der Waals surface area (Å²) in [6.07, 6.45) is 1.03. The monoisotopic (exact) mass is 568 g/mol. The second kappa shape index (κ2) is 11.7. The predicted molar refractivity (Wildman–Crippen MR) is 191 cm³/mol. The lowest BCUT2D eigenvalue weighted by Crippen LogP contribution is -2.01. The molecule has 0 fully saturated rings. The summed E-state index contributed by atoms with van der Waals surface area (Å²) in [7, 11) is 0. The van der Waals surface area contributed by atoms with Crippen molar-refractivity contribution in [3.05, 3.63) is 156 Å². The molecule has 0 bridgehead atoms. The molecule has 0 radical (unpaired) electrons. The quantitative estimate of drug-likeness (QED) is 0.148. The summed E-state index contributed by atoms with van der Waals surface area (Å²) in [5, 5.41) is 12.5. The molecule has 0 aliphatic rings. The van der Waals surface area contributed by atoms with Crippen molar-refractivity contribution in [1.29, 1.82) is 0 Å². The fraction of sp³-hybridized carbons (Fsp3) is 0.0952. The molecule has 0 spiro atoms. The number of aryl methyl sites for hydroxylation is 3. The molecule has 2 nitrogen and oxygen atoms in total. The highest BCUT2D eigenvalue weighted by atomic mass is 15.0. The second-order valence-corrected chi connectivity index (χ2v) is 11.6. The van der Waals surface area contributed by atoms with Gasteiger partial charge in [-0.25, -0.2) is 0 Å². The van der Waals surface area contributed by atoms with Crippen molar-refractivity contribution in [2.75, 3.05) is 10.6 Å². The summed E-state index contributed by atoms with van der Waals surface area (Å²) in [5.41, 5.74) is 13.0. The number of rotatable bonds is 7. The Kier molecular flexibility index (Phi) is 7.33. The van der Waals surface area contributed by atoms with Crippen LogP contribution in [0.3, 0.4) is 0 Å². The maximum absolute atomic E-state index is 3.84. The van der Waals surface area contributed by atoms with Gasteiger partial charge in [0.05, 0.1) is 11.4 Å². The van der Waals surface area contributed by atoms with Gasteiger partial charge in [-0.05, 0) is 83.1 Å². The molecule has 0 heterocycles. The maximum atomic E-state index is 3.84. The Morgan fingerprint density at radius 1 is 0.432 bits per heavy atom. The predicted octanol–water partition coefficient (Wildman–Crippen LogP) is 12.0. The molecule has 2 N–H and O–H groups in total.